The first-order chi connectivity index (χ1) is 15.1. The van der Waals surface area contributed by atoms with Gasteiger partial charge in [-0.05, 0) is 37.1 Å². The fraction of sp³-hybridized carbons (Fsp3) is 0.522. The van der Waals surface area contributed by atoms with Gasteiger partial charge in [0.05, 0.1) is 18.9 Å². The molecule has 0 aliphatic carbocycles. The first-order valence-corrected chi connectivity index (χ1v) is 11.1. The van der Waals surface area contributed by atoms with Crippen molar-refractivity contribution < 1.29 is 14.3 Å². The Labute approximate surface area is 182 Å². The number of fused-ring (bicyclic) bond motifs is 1. The number of benzene rings is 1. The molecule has 2 fully saturated rings. The van der Waals surface area contributed by atoms with E-state index in [1.165, 1.54) is 18.5 Å². The molecule has 1 aromatic carbocycles. The molecule has 5 rings (SSSR count). The molecule has 2 amide bonds. The van der Waals surface area contributed by atoms with E-state index in [9.17, 15) is 9.59 Å². The summed E-state index contributed by atoms with van der Waals surface area (Å²) in [5, 5.41) is 4.57. The molecule has 8 heteroatoms. The van der Waals surface area contributed by atoms with Crippen LogP contribution in [0.25, 0.3) is 0 Å². The molecule has 8 nitrogen and oxygen atoms in total. The summed E-state index contributed by atoms with van der Waals surface area (Å²) in [6.07, 6.45) is 4.37. The molecule has 0 unspecified atom stereocenters. The van der Waals surface area contributed by atoms with Crippen LogP contribution < -0.4 is 4.90 Å². The van der Waals surface area contributed by atoms with Gasteiger partial charge in [-0.3, -0.25) is 14.3 Å². The largest absolute Gasteiger partial charge is 0.378 e. The predicted octanol–water partition coefficient (Wildman–Crippen LogP) is 1.62. The third-order valence-corrected chi connectivity index (χ3v) is 6.52. The number of anilines is 1. The number of aromatic nitrogens is 2. The number of ether oxygens (including phenoxy) is 1. The maximum Gasteiger partial charge on any atom is 0.254 e. The van der Waals surface area contributed by atoms with Gasteiger partial charge in [0, 0.05) is 69.3 Å². The Morgan fingerprint density at radius 1 is 1.00 bits per heavy atom. The van der Waals surface area contributed by atoms with Crippen LogP contribution in [0.5, 0.6) is 0 Å². The second kappa shape index (κ2) is 8.34. The maximum absolute atomic E-state index is 13.3. The zero-order valence-corrected chi connectivity index (χ0v) is 18.0. The van der Waals surface area contributed by atoms with E-state index in [4.69, 9.17) is 4.74 Å². The van der Waals surface area contributed by atoms with Crippen molar-refractivity contribution in [1.29, 1.82) is 0 Å². The second-order valence-electron chi connectivity index (χ2n) is 8.63. The molecule has 1 atom stereocenters. The first kappa shape index (κ1) is 20.1. The van der Waals surface area contributed by atoms with E-state index < -0.39 is 5.92 Å². The van der Waals surface area contributed by atoms with Gasteiger partial charge in [0.2, 0.25) is 5.91 Å². The molecular formula is C23H29N5O3. The number of aryl methyl sites for hydroxylation is 1. The molecular weight excluding hydrogens is 394 g/mol. The number of carbonyl (C=O) groups excluding carboxylic acids is 2. The van der Waals surface area contributed by atoms with E-state index in [-0.39, 0.29) is 11.8 Å². The number of hydrogen-bond acceptors (Lipinski definition) is 5. The zero-order chi connectivity index (χ0) is 21.4. The lowest BCUT2D eigenvalue weighted by Crippen LogP contribution is -2.48. The van der Waals surface area contributed by atoms with Gasteiger partial charge in [0.15, 0.2) is 0 Å². The molecule has 0 bridgehead atoms. The number of nitrogens with zero attached hydrogens (tertiary/aromatic N) is 5. The SMILES string of the molecule is Cn1cc2c(n1)[C@@H](C(=O)N1CCOCC1)CN(C(=O)c1ccc(N3CCCC3)cc1)C2. The lowest BCUT2D eigenvalue weighted by atomic mass is 9.94. The summed E-state index contributed by atoms with van der Waals surface area (Å²) in [6, 6.07) is 7.89. The van der Waals surface area contributed by atoms with Crippen LogP contribution >= 0.6 is 0 Å². The first-order valence-electron chi connectivity index (χ1n) is 11.1. The van der Waals surface area contributed by atoms with Crippen molar-refractivity contribution in [2.24, 2.45) is 7.05 Å². The van der Waals surface area contributed by atoms with Crippen LogP contribution in [0.15, 0.2) is 30.5 Å². The molecule has 0 spiro atoms. The summed E-state index contributed by atoms with van der Waals surface area (Å²) in [5.74, 6) is -0.441. The number of rotatable bonds is 3. The molecule has 31 heavy (non-hydrogen) atoms. The monoisotopic (exact) mass is 423 g/mol. The van der Waals surface area contributed by atoms with E-state index in [2.05, 4.69) is 10.00 Å². The Morgan fingerprint density at radius 2 is 1.71 bits per heavy atom. The van der Waals surface area contributed by atoms with E-state index in [0.717, 1.165) is 24.3 Å². The van der Waals surface area contributed by atoms with Gasteiger partial charge in [-0.1, -0.05) is 0 Å². The molecule has 164 valence electrons. The van der Waals surface area contributed by atoms with E-state index in [1.807, 2.05) is 42.4 Å². The van der Waals surface area contributed by atoms with E-state index in [1.54, 1.807) is 9.58 Å². The average Bonchev–Trinajstić information content (AvgIpc) is 3.47. The molecule has 2 saturated heterocycles. The second-order valence-corrected chi connectivity index (χ2v) is 8.63. The van der Waals surface area contributed by atoms with Gasteiger partial charge in [-0.15, -0.1) is 0 Å². The van der Waals surface area contributed by atoms with E-state index >= 15 is 0 Å². The predicted molar refractivity (Wildman–Crippen MR) is 116 cm³/mol. The summed E-state index contributed by atoms with van der Waals surface area (Å²) in [4.78, 5) is 32.6. The molecule has 4 heterocycles. The van der Waals surface area contributed by atoms with Gasteiger partial charge in [-0.25, -0.2) is 0 Å². The fourth-order valence-electron chi connectivity index (χ4n) is 4.87. The van der Waals surface area contributed by atoms with Crippen LogP contribution in [-0.2, 0) is 23.1 Å². The molecule has 0 N–H and O–H groups in total. The normalized spacial score (nSPS) is 21.3. The topological polar surface area (TPSA) is 70.9 Å². The third kappa shape index (κ3) is 3.92. The van der Waals surface area contributed by atoms with Crippen LogP contribution in [0.3, 0.4) is 0 Å². The molecule has 0 saturated carbocycles. The highest BCUT2D eigenvalue weighted by Gasteiger charge is 2.37. The summed E-state index contributed by atoms with van der Waals surface area (Å²) in [5.41, 5.74) is 3.57. The Bertz CT molecular complexity index is 958. The minimum atomic E-state index is -0.434. The van der Waals surface area contributed by atoms with Crippen LogP contribution in [0.2, 0.25) is 0 Å². The van der Waals surface area contributed by atoms with Gasteiger partial charge in [-0.2, -0.15) is 5.10 Å². The molecule has 2 aromatic rings. The summed E-state index contributed by atoms with van der Waals surface area (Å²) in [6.45, 7) is 5.27. The summed E-state index contributed by atoms with van der Waals surface area (Å²) >= 11 is 0. The van der Waals surface area contributed by atoms with Gasteiger partial charge < -0.3 is 19.4 Å². The number of carbonyl (C=O) groups is 2. The zero-order valence-electron chi connectivity index (χ0n) is 18.0. The standard InChI is InChI=1S/C23H29N5O3/c1-25-14-18-15-28(16-20(21(18)24-25)23(30)27-10-12-31-13-11-27)22(29)17-4-6-19(7-5-17)26-8-2-3-9-26/h4-7,14,20H,2-3,8-13,15-16H2,1H3/t20-/m0/s1. The van der Waals surface area contributed by atoms with Crippen molar-refractivity contribution in [3.63, 3.8) is 0 Å². The number of morpholine rings is 1. The lowest BCUT2D eigenvalue weighted by Gasteiger charge is -2.35. The van der Waals surface area contributed by atoms with Crippen molar-refractivity contribution in [3.05, 3.63) is 47.3 Å². The molecule has 3 aliphatic heterocycles. The van der Waals surface area contributed by atoms with Crippen LogP contribution in [0.4, 0.5) is 5.69 Å². The third-order valence-electron chi connectivity index (χ3n) is 6.52. The molecule has 1 aromatic heterocycles. The summed E-state index contributed by atoms with van der Waals surface area (Å²) in [7, 11) is 1.86. The van der Waals surface area contributed by atoms with Gasteiger partial charge in [0.1, 0.15) is 5.92 Å². The van der Waals surface area contributed by atoms with E-state index in [0.29, 0.717) is 45.0 Å². The quantitative estimate of drug-likeness (QED) is 0.750. The Balaban J connectivity index is 1.36. The highest BCUT2D eigenvalue weighted by Crippen LogP contribution is 2.30. The van der Waals surface area contributed by atoms with Crippen molar-refractivity contribution in [3.8, 4) is 0 Å². The fourth-order valence-corrected chi connectivity index (χ4v) is 4.87. The maximum atomic E-state index is 13.3. The number of hydrogen-bond donors (Lipinski definition) is 0. The van der Waals surface area contributed by atoms with Gasteiger partial charge >= 0.3 is 0 Å². The number of amides is 2. The highest BCUT2D eigenvalue weighted by molar-refractivity contribution is 5.95. The summed E-state index contributed by atoms with van der Waals surface area (Å²) < 4.78 is 7.13. The Morgan fingerprint density at radius 3 is 2.42 bits per heavy atom. The highest BCUT2D eigenvalue weighted by atomic mass is 16.5. The van der Waals surface area contributed by atoms with Crippen molar-refractivity contribution in [2.75, 3.05) is 50.8 Å². The Hall–Kier alpha value is -2.87. The van der Waals surface area contributed by atoms with Crippen molar-refractivity contribution >= 4 is 17.5 Å². The minimum absolute atomic E-state index is 0.0325. The minimum Gasteiger partial charge on any atom is -0.378 e. The van der Waals surface area contributed by atoms with Crippen LogP contribution in [0, 0.1) is 0 Å². The lowest BCUT2D eigenvalue weighted by molar-refractivity contribution is -0.137. The van der Waals surface area contributed by atoms with Crippen LogP contribution in [-0.4, -0.2) is 77.3 Å². The average molecular weight is 424 g/mol. The molecule has 0 radical (unpaired) electrons. The van der Waals surface area contributed by atoms with Crippen molar-refractivity contribution in [2.45, 2.75) is 25.3 Å². The van der Waals surface area contributed by atoms with Crippen LogP contribution in [0.1, 0.15) is 40.4 Å². The van der Waals surface area contributed by atoms with Gasteiger partial charge in [0.25, 0.3) is 5.91 Å². The smallest absolute Gasteiger partial charge is 0.254 e. The molecule has 3 aliphatic rings. The van der Waals surface area contributed by atoms with Crippen molar-refractivity contribution in [1.82, 2.24) is 19.6 Å². The Kier molecular flexibility index (Phi) is 5.40.